The van der Waals surface area contributed by atoms with E-state index in [1.165, 1.54) is 19.8 Å². The summed E-state index contributed by atoms with van der Waals surface area (Å²) >= 11 is 0. The molecule has 0 aromatic rings. The van der Waals surface area contributed by atoms with E-state index in [2.05, 4.69) is 20.1 Å². The first kappa shape index (κ1) is 31.5. The minimum absolute atomic E-state index is 0.0351. The number of hydrogen-bond acceptors (Lipinski definition) is 6. The number of carbonyl (C=O) groups is 2. The van der Waals surface area contributed by atoms with Gasteiger partial charge in [0.2, 0.25) is 0 Å². The molecule has 152 valence electrons. The summed E-state index contributed by atoms with van der Waals surface area (Å²) in [6, 6.07) is 0. The predicted octanol–water partition coefficient (Wildman–Crippen LogP) is 3.30. The SMILES string of the molecule is C=C.CCCCCCOC(=O)CCC(C)=O.CCOCC.OCCO. The van der Waals surface area contributed by atoms with E-state index in [4.69, 9.17) is 19.7 Å². The molecule has 0 unspecified atom stereocenters. The van der Waals surface area contributed by atoms with Gasteiger partial charge in [0.05, 0.1) is 26.2 Å². The van der Waals surface area contributed by atoms with E-state index in [9.17, 15) is 9.59 Å². The van der Waals surface area contributed by atoms with E-state index in [-0.39, 0.29) is 31.4 Å². The molecule has 0 saturated carbocycles. The van der Waals surface area contributed by atoms with Crippen LogP contribution in [0.25, 0.3) is 0 Å². The first-order valence-electron chi connectivity index (χ1n) is 8.94. The molecule has 0 rings (SSSR count). The fourth-order valence-corrected chi connectivity index (χ4v) is 1.27. The Labute approximate surface area is 154 Å². The average molecular weight is 365 g/mol. The maximum atomic E-state index is 11.0. The Kier molecular flexibility index (Phi) is 43.1. The molecule has 0 spiro atoms. The number of ether oxygens (including phenoxy) is 2. The third-order valence-electron chi connectivity index (χ3n) is 2.45. The van der Waals surface area contributed by atoms with Crippen LogP contribution in [-0.4, -0.2) is 55.0 Å². The average Bonchev–Trinajstić information content (AvgIpc) is 2.63. The Morgan fingerprint density at radius 3 is 1.72 bits per heavy atom. The summed E-state index contributed by atoms with van der Waals surface area (Å²) in [7, 11) is 0. The maximum Gasteiger partial charge on any atom is 0.306 e. The van der Waals surface area contributed by atoms with E-state index in [0.717, 1.165) is 26.1 Å². The van der Waals surface area contributed by atoms with Crippen molar-refractivity contribution in [2.24, 2.45) is 0 Å². The second-order valence-corrected chi connectivity index (χ2v) is 4.71. The third kappa shape index (κ3) is 51.8. The number of rotatable bonds is 11. The first-order valence-corrected chi connectivity index (χ1v) is 8.94. The van der Waals surface area contributed by atoms with Gasteiger partial charge in [-0.1, -0.05) is 26.2 Å². The van der Waals surface area contributed by atoms with E-state index in [1.807, 2.05) is 13.8 Å². The number of ketones is 1. The van der Waals surface area contributed by atoms with Gasteiger partial charge in [0, 0.05) is 19.6 Å². The molecule has 6 nitrogen and oxygen atoms in total. The number of unbranched alkanes of at least 4 members (excludes halogenated alkanes) is 3. The molecular weight excluding hydrogens is 324 g/mol. The van der Waals surface area contributed by atoms with Gasteiger partial charge in [-0.05, 0) is 27.2 Å². The predicted molar refractivity (Wildman–Crippen MR) is 103 cm³/mol. The number of aliphatic hydroxyl groups excluding tert-OH is 2. The van der Waals surface area contributed by atoms with Crippen LogP contribution in [0.1, 0.15) is 66.2 Å². The van der Waals surface area contributed by atoms with Gasteiger partial charge in [0.1, 0.15) is 5.78 Å². The van der Waals surface area contributed by atoms with Gasteiger partial charge in [-0.25, -0.2) is 0 Å². The first-order chi connectivity index (χ1) is 12.0. The quantitative estimate of drug-likeness (QED) is 0.332. The van der Waals surface area contributed by atoms with Gasteiger partial charge in [0.15, 0.2) is 0 Å². The number of esters is 1. The highest BCUT2D eigenvalue weighted by molar-refractivity contribution is 5.80. The molecule has 0 aromatic heterocycles. The number of Topliss-reactive ketones (excluding diaryl/α,β-unsaturated/α-hetero) is 1. The molecule has 0 aliphatic carbocycles. The molecule has 0 aromatic carbocycles. The lowest BCUT2D eigenvalue weighted by atomic mass is 10.2. The van der Waals surface area contributed by atoms with Crippen LogP contribution in [0.2, 0.25) is 0 Å². The topological polar surface area (TPSA) is 93.1 Å². The van der Waals surface area contributed by atoms with Crippen molar-refractivity contribution in [1.82, 2.24) is 0 Å². The lowest BCUT2D eigenvalue weighted by Gasteiger charge is -2.03. The van der Waals surface area contributed by atoms with E-state index < -0.39 is 0 Å². The zero-order chi connectivity index (χ0) is 20.3. The highest BCUT2D eigenvalue weighted by Gasteiger charge is 2.03. The fraction of sp³-hybridized carbons (Fsp3) is 0.789. The molecule has 0 radical (unpaired) electrons. The molecule has 0 bridgehead atoms. The Hall–Kier alpha value is -1.24. The summed E-state index contributed by atoms with van der Waals surface area (Å²) in [6.45, 7) is 15.5. The lowest BCUT2D eigenvalue weighted by molar-refractivity contribution is -0.144. The number of carbonyl (C=O) groups excluding carboxylic acids is 2. The fourth-order valence-electron chi connectivity index (χ4n) is 1.27. The Morgan fingerprint density at radius 1 is 0.880 bits per heavy atom. The van der Waals surface area contributed by atoms with Gasteiger partial charge in [-0.3, -0.25) is 4.79 Å². The zero-order valence-corrected chi connectivity index (χ0v) is 16.7. The second kappa shape index (κ2) is 34.2. The molecule has 0 amide bonds. The zero-order valence-electron chi connectivity index (χ0n) is 16.7. The molecule has 0 saturated heterocycles. The normalized spacial score (nSPS) is 8.56. The summed E-state index contributed by atoms with van der Waals surface area (Å²) in [5.74, 6) is -0.218. The summed E-state index contributed by atoms with van der Waals surface area (Å²) in [5.41, 5.74) is 0. The molecule has 0 aliphatic heterocycles. The third-order valence-corrected chi connectivity index (χ3v) is 2.45. The van der Waals surface area contributed by atoms with Crippen LogP contribution in [0.4, 0.5) is 0 Å². The number of hydrogen-bond donors (Lipinski definition) is 2. The highest BCUT2D eigenvalue weighted by atomic mass is 16.5. The van der Waals surface area contributed by atoms with Crippen LogP contribution < -0.4 is 0 Å². The molecule has 0 fully saturated rings. The second-order valence-electron chi connectivity index (χ2n) is 4.71. The van der Waals surface area contributed by atoms with Crippen LogP contribution in [0, 0.1) is 0 Å². The van der Waals surface area contributed by atoms with Crippen molar-refractivity contribution in [2.45, 2.75) is 66.2 Å². The summed E-state index contributed by atoms with van der Waals surface area (Å²) < 4.78 is 9.78. The van der Waals surface area contributed by atoms with Crippen molar-refractivity contribution >= 4 is 11.8 Å². The van der Waals surface area contributed by atoms with E-state index in [0.29, 0.717) is 13.0 Å². The largest absolute Gasteiger partial charge is 0.466 e. The molecule has 0 aliphatic rings. The highest BCUT2D eigenvalue weighted by Crippen LogP contribution is 2.00. The van der Waals surface area contributed by atoms with Gasteiger partial charge >= 0.3 is 5.97 Å². The molecular formula is C19H40O6. The van der Waals surface area contributed by atoms with Gasteiger partial charge in [0.25, 0.3) is 0 Å². The van der Waals surface area contributed by atoms with Crippen LogP contribution in [0.15, 0.2) is 13.2 Å². The van der Waals surface area contributed by atoms with E-state index >= 15 is 0 Å². The smallest absolute Gasteiger partial charge is 0.306 e. The van der Waals surface area contributed by atoms with E-state index in [1.54, 1.807) is 0 Å². The summed E-state index contributed by atoms with van der Waals surface area (Å²) in [5, 5.41) is 15.2. The Balaban J connectivity index is -0.000000165. The Bertz CT molecular complexity index is 252. The standard InChI is InChI=1S/C11H20O3.C4H10O.C2H6O2.C2H4/c1-3-4-5-6-9-14-11(13)8-7-10(2)12;1-3-5-4-2;3-1-2-4;1-2/h3-9H2,1-2H3;3-4H2,1-2H3;3-4H,1-2H2;1-2H2. The monoisotopic (exact) mass is 364 g/mol. The van der Waals surface area contributed by atoms with Crippen molar-refractivity contribution in [3.63, 3.8) is 0 Å². The molecule has 0 atom stereocenters. The minimum atomic E-state index is -0.253. The van der Waals surface area contributed by atoms with Crippen LogP contribution >= 0.6 is 0 Å². The van der Waals surface area contributed by atoms with Crippen molar-refractivity contribution in [3.8, 4) is 0 Å². The molecule has 0 heterocycles. The van der Waals surface area contributed by atoms with Gasteiger partial charge < -0.3 is 24.5 Å². The van der Waals surface area contributed by atoms with Crippen LogP contribution in [0.3, 0.4) is 0 Å². The minimum Gasteiger partial charge on any atom is -0.466 e. The van der Waals surface area contributed by atoms with Crippen molar-refractivity contribution in [2.75, 3.05) is 33.0 Å². The maximum absolute atomic E-state index is 11.0. The van der Waals surface area contributed by atoms with Gasteiger partial charge in [-0.15, -0.1) is 13.2 Å². The van der Waals surface area contributed by atoms with Crippen LogP contribution in [-0.2, 0) is 19.1 Å². The summed E-state index contributed by atoms with van der Waals surface area (Å²) in [6.07, 6.45) is 4.93. The lowest BCUT2D eigenvalue weighted by Crippen LogP contribution is -2.07. The van der Waals surface area contributed by atoms with Crippen molar-refractivity contribution < 1.29 is 29.3 Å². The van der Waals surface area contributed by atoms with Gasteiger partial charge in [-0.2, -0.15) is 0 Å². The van der Waals surface area contributed by atoms with Crippen LogP contribution in [0.5, 0.6) is 0 Å². The molecule has 6 heteroatoms. The molecule has 2 N–H and O–H groups in total. The van der Waals surface area contributed by atoms with Crippen molar-refractivity contribution in [1.29, 1.82) is 0 Å². The Morgan fingerprint density at radius 2 is 1.40 bits per heavy atom. The summed E-state index contributed by atoms with van der Waals surface area (Å²) in [4.78, 5) is 21.6. The number of aliphatic hydroxyl groups is 2. The molecule has 25 heavy (non-hydrogen) atoms. The van der Waals surface area contributed by atoms with Crippen molar-refractivity contribution in [3.05, 3.63) is 13.2 Å².